The number of nitrogens with zero attached hydrogens (tertiary/aromatic N) is 3. The van der Waals surface area contributed by atoms with E-state index in [1.54, 1.807) is 25.1 Å². The standard InChI is InChI=1S/C12H20N4O2/c1-5-16(6-2)11(17)9(3)14-10-12(18)15(4)8-7-13-10/h7-9H,5-6H2,1-4H3,(H,13,14). The average Bonchev–Trinajstić information content (AvgIpc) is 2.36. The highest BCUT2D eigenvalue weighted by molar-refractivity contribution is 5.83. The number of aryl methyl sites for hydroxylation is 1. The summed E-state index contributed by atoms with van der Waals surface area (Å²) in [7, 11) is 1.64. The van der Waals surface area contributed by atoms with Gasteiger partial charge in [-0.25, -0.2) is 4.98 Å². The van der Waals surface area contributed by atoms with Crippen molar-refractivity contribution in [3.63, 3.8) is 0 Å². The molecule has 1 rings (SSSR count). The van der Waals surface area contributed by atoms with E-state index in [0.29, 0.717) is 13.1 Å². The van der Waals surface area contributed by atoms with Crippen molar-refractivity contribution in [3.05, 3.63) is 22.7 Å². The molecule has 1 N–H and O–H groups in total. The van der Waals surface area contributed by atoms with Crippen LogP contribution < -0.4 is 10.9 Å². The van der Waals surface area contributed by atoms with Crippen molar-refractivity contribution in [1.82, 2.24) is 14.5 Å². The van der Waals surface area contributed by atoms with E-state index >= 15 is 0 Å². The van der Waals surface area contributed by atoms with Gasteiger partial charge in [0.1, 0.15) is 6.04 Å². The lowest BCUT2D eigenvalue weighted by atomic mass is 10.3. The molecule has 6 nitrogen and oxygen atoms in total. The molecule has 0 saturated heterocycles. The van der Waals surface area contributed by atoms with E-state index in [4.69, 9.17) is 0 Å². The lowest BCUT2D eigenvalue weighted by molar-refractivity contribution is -0.131. The van der Waals surface area contributed by atoms with Gasteiger partial charge in [0.2, 0.25) is 5.91 Å². The molecule has 1 aromatic heterocycles. The summed E-state index contributed by atoms with van der Waals surface area (Å²) in [6.45, 7) is 6.89. The first-order valence-electron chi connectivity index (χ1n) is 6.08. The van der Waals surface area contributed by atoms with Gasteiger partial charge in [-0.05, 0) is 20.8 Å². The van der Waals surface area contributed by atoms with E-state index in [-0.39, 0.29) is 17.3 Å². The van der Waals surface area contributed by atoms with Crippen molar-refractivity contribution < 1.29 is 4.79 Å². The molecule has 1 aromatic rings. The predicted octanol–water partition coefficient (Wildman–Crippen LogP) is 0.449. The fraction of sp³-hybridized carbons (Fsp3) is 0.583. The Morgan fingerprint density at radius 1 is 1.50 bits per heavy atom. The van der Waals surface area contributed by atoms with Crippen molar-refractivity contribution in [2.45, 2.75) is 26.8 Å². The van der Waals surface area contributed by atoms with Crippen molar-refractivity contribution in [2.75, 3.05) is 18.4 Å². The molecule has 0 aliphatic rings. The van der Waals surface area contributed by atoms with E-state index in [2.05, 4.69) is 10.3 Å². The predicted molar refractivity (Wildman–Crippen MR) is 70.5 cm³/mol. The fourth-order valence-corrected chi connectivity index (χ4v) is 1.67. The molecule has 0 aromatic carbocycles. The van der Waals surface area contributed by atoms with E-state index in [1.807, 2.05) is 13.8 Å². The molecule has 1 amide bonds. The minimum atomic E-state index is -0.465. The Balaban J connectivity index is 2.81. The Hall–Kier alpha value is -1.85. The molecule has 0 spiro atoms. The lowest BCUT2D eigenvalue weighted by Gasteiger charge is -2.23. The second-order valence-corrected chi connectivity index (χ2v) is 4.07. The molecule has 0 radical (unpaired) electrons. The molecule has 0 saturated carbocycles. The van der Waals surface area contributed by atoms with Crippen molar-refractivity contribution in [1.29, 1.82) is 0 Å². The number of hydrogen-bond acceptors (Lipinski definition) is 4. The maximum Gasteiger partial charge on any atom is 0.293 e. The highest BCUT2D eigenvalue weighted by Crippen LogP contribution is 2.01. The molecule has 100 valence electrons. The minimum Gasteiger partial charge on any atom is -0.354 e. The summed E-state index contributed by atoms with van der Waals surface area (Å²) in [4.78, 5) is 29.5. The van der Waals surface area contributed by atoms with E-state index in [9.17, 15) is 9.59 Å². The average molecular weight is 252 g/mol. The number of aromatic nitrogens is 2. The maximum atomic E-state index is 12.0. The van der Waals surface area contributed by atoms with Gasteiger partial charge in [-0.1, -0.05) is 0 Å². The molecule has 6 heteroatoms. The van der Waals surface area contributed by atoms with Gasteiger partial charge in [0.25, 0.3) is 5.56 Å². The molecule has 18 heavy (non-hydrogen) atoms. The van der Waals surface area contributed by atoms with E-state index in [1.165, 1.54) is 10.8 Å². The van der Waals surface area contributed by atoms with Gasteiger partial charge < -0.3 is 14.8 Å². The van der Waals surface area contributed by atoms with E-state index in [0.717, 1.165) is 0 Å². The number of amides is 1. The highest BCUT2D eigenvalue weighted by Gasteiger charge is 2.19. The molecular formula is C12H20N4O2. The second-order valence-electron chi connectivity index (χ2n) is 4.07. The first-order valence-corrected chi connectivity index (χ1v) is 6.08. The van der Waals surface area contributed by atoms with Crippen LogP contribution in [0.25, 0.3) is 0 Å². The zero-order valence-corrected chi connectivity index (χ0v) is 11.3. The summed E-state index contributed by atoms with van der Waals surface area (Å²) in [6.07, 6.45) is 3.10. The minimum absolute atomic E-state index is 0.0345. The number of carbonyl (C=O) groups is 1. The van der Waals surface area contributed by atoms with Crippen LogP contribution in [-0.2, 0) is 11.8 Å². The van der Waals surface area contributed by atoms with Gasteiger partial charge in [0, 0.05) is 32.5 Å². The number of likely N-dealkylation sites (N-methyl/N-ethyl adjacent to an activating group) is 1. The molecule has 0 fully saturated rings. The van der Waals surface area contributed by atoms with Crippen LogP contribution in [0.4, 0.5) is 5.82 Å². The SMILES string of the molecule is CCN(CC)C(=O)C(C)Nc1nccn(C)c1=O. The van der Waals surface area contributed by atoms with Crippen LogP contribution >= 0.6 is 0 Å². The summed E-state index contributed by atoms with van der Waals surface area (Å²) < 4.78 is 1.42. The summed E-state index contributed by atoms with van der Waals surface area (Å²) in [5.41, 5.74) is -0.239. The topological polar surface area (TPSA) is 67.2 Å². The second kappa shape index (κ2) is 6.18. The molecule has 0 bridgehead atoms. The number of nitrogens with one attached hydrogen (secondary N) is 1. The largest absolute Gasteiger partial charge is 0.354 e. The van der Waals surface area contributed by atoms with Crippen molar-refractivity contribution in [3.8, 4) is 0 Å². The quantitative estimate of drug-likeness (QED) is 0.826. The molecular weight excluding hydrogens is 232 g/mol. The first kappa shape index (κ1) is 14.2. The molecule has 0 aliphatic carbocycles. The van der Waals surface area contributed by atoms with Crippen LogP contribution in [0.2, 0.25) is 0 Å². The third-order valence-corrected chi connectivity index (χ3v) is 2.82. The monoisotopic (exact) mass is 252 g/mol. The maximum absolute atomic E-state index is 12.0. The Morgan fingerprint density at radius 3 is 2.67 bits per heavy atom. The summed E-state index contributed by atoms with van der Waals surface area (Å²) in [5, 5.41) is 2.86. The van der Waals surface area contributed by atoms with Gasteiger partial charge in [-0.2, -0.15) is 0 Å². The third-order valence-electron chi connectivity index (χ3n) is 2.82. The highest BCUT2D eigenvalue weighted by atomic mass is 16.2. The normalized spacial score (nSPS) is 12.0. The zero-order valence-electron chi connectivity index (χ0n) is 11.3. The molecule has 1 unspecified atom stereocenters. The van der Waals surface area contributed by atoms with Gasteiger partial charge in [-0.15, -0.1) is 0 Å². The zero-order chi connectivity index (χ0) is 13.7. The van der Waals surface area contributed by atoms with Crippen LogP contribution in [0.5, 0.6) is 0 Å². The Kier molecular flexibility index (Phi) is 4.88. The van der Waals surface area contributed by atoms with Crippen molar-refractivity contribution in [2.24, 2.45) is 7.05 Å². The van der Waals surface area contributed by atoms with Gasteiger partial charge in [0.05, 0.1) is 0 Å². The Morgan fingerprint density at radius 2 is 2.11 bits per heavy atom. The van der Waals surface area contributed by atoms with Gasteiger partial charge in [0.15, 0.2) is 5.82 Å². The summed E-state index contributed by atoms with van der Waals surface area (Å²) >= 11 is 0. The number of anilines is 1. The van der Waals surface area contributed by atoms with Gasteiger partial charge >= 0.3 is 0 Å². The van der Waals surface area contributed by atoms with Crippen LogP contribution in [0.15, 0.2) is 17.2 Å². The van der Waals surface area contributed by atoms with Crippen LogP contribution in [0.1, 0.15) is 20.8 Å². The third kappa shape index (κ3) is 3.09. The smallest absolute Gasteiger partial charge is 0.293 e. The number of hydrogen-bond donors (Lipinski definition) is 1. The molecule has 1 heterocycles. The number of carbonyl (C=O) groups excluding carboxylic acids is 1. The van der Waals surface area contributed by atoms with E-state index < -0.39 is 6.04 Å². The fourth-order valence-electron chi connectivity index (χ4n) is 1.67. The lowest BCUT2D eigenvalue weighted by Crippen LogP contribution is -2.42. The summed E-state index contributed by atoms with van der Waals surface area (Å²) in [5.74, 6) is 0.167. The Bertz CT molecular complexity index is 465. The number of rotatable bonds is 5. The van der Waals surface area contributed by atoms with Crippen molar-refractivity contribution >= 4 is 11.7 Å². The van der Waals surface area contributed by atoms with Crippen LogP contribution in [-0.4, -0.2) is 39.5 Å². The Labute approximate surface area is 107 Å². The van der Waals surface area contributed by atoms with Crippen LogP contribution in [0, 0.1) is 0 Å². The first-order chi connectivity index (χ1) is 8.51. The van der Waals surface area contributed by atoms with Gasteiger partial charge in [-0.3, -0.25) is 9.59 Å². The summed E-state index contributed by atoms with van der Waals surface area (Å²) in [6, 6.07) is -0.465. The van der Waals surface area contributed by atoms with Crippen LogP contribution in [0.3, 0.4) is 0 Å². The molecule has 1 atom stereocenters. The molecule has 0 aliphatic heterocycles.